The van der Waals surface area contributed by atoms with E-state index in [4.69, 9.17) is 5.26 Å². The normalized spacial score (nSPS) is 14.8. The van der Waals surface area contributed by atoms with Crippen molar-refractivity contribution < 1.29 is 4.79 Å². The SMILES string of the molecule is N#CCCCCN1CCCC(=O)c2ccccc21. The number of unbranched alkanes of at least 4 members (excludes halogenated alkanes) is 2. The first-order valence-corrected chi connectivity index (χ1v) is 6.57. The molecule has 0 saturated carbocycles. The molecule has 1 aliphatic heterocycles. The molecule has 94 valence electrons. The summed E-state index contributed by atoms with van der Waals surface area (Å²) < 4.78 is 0. The third-order valence-electron chi connectivity index (χ3n) is 3.34. The third kappa shape index (κ3) is 2.89. The average molecular weight is 242 g/mol. The molecular weight excluding hydrogens is 224 g/mol. The summed E-state index contributed by atoms with van der Waals surface area (Å²) in [5.41, 5.74) is 1.92. The van der Waals surface area contributed by atoms with E-state index in [0.717, 1.165) is 43.6 Å². The summed E-state index contributed by atoms with van der Waals surface area (Å²) in [7, 11) is 0. The number of hydrogen-bond donors (Lipinski definition) is 0. The summed E-state index contributed by atoms with van der Waals surface area (Å²) in [5.74, 6) is 0.255. The van der Waals surface area contributed by atoms with Gasteiger partial charge in [0.2, 0.25) is 0 Å². The lowest BCUT2D eigenvalue weighted by molar-refractivity contribution is 0.0984. The molecule has 1 aromatic rings. The minimum absolute atomic E-state index is 0.255. The maximum absolute atomic E-state index is 12.0. The number of nitriles is 1. The lowest BCUT2D eigenvalue weighted by atomic mass is 10.1. The van der Waals surface area contributed by atoms with E-state index in [-0.39, 0.29) is 5.78 Å². The van der Waals surface area contributed by atoms with Crippen molar-refractivity contribution in [2.45, 2.75) is 32.1 Å². The van der Waals surface area contributed by atoms with Crippen molar-refractivity contribution in [1.82, 2.24) is 0 Å². The smallest absolute Gasteiger partial charge is 0.165 e. The number of anilines is 1. The molecule has 0 N–H and O–H groups in total. The first-order valence-electron chi connectivity index (χ1n) is 6.57. The van der Waals surface area contributed by atoms with Gasteiger partial charge in [-0.2, -0.15) is 5.26 Å². The zero-order valence-electron chi connectivity index (χ0n) is 10.6. The molecule has 18 heavy (non-hydrogen) atoms. The number of para-hydroxylation sites is 1. The monoisotopic (exact) mass is 242 g/mol. The standard InChI is InChI=1S/C15H18N2O/c16-10-4-1-5-11-17-12-6-9-15(18)13-7-2-3-8-14(13)17/h2-3,7-8H,1,4-6,9,11-12H2. The molecule has 0 aliphatic carbocycles. The Morgan fingerprint density at radius 2 is 2.11 bits per heavy atom. The van der Waals surface area contributed by atoms with Crippen LogP contribution in [-0.2, 0) is 0 Å². The first kappa shape index (κ1) is 12.6. The number of carbonyl (C=O) groups is 1. The van der Waals surface area contributed by atoms with Crippen LogP contribution in [0.1, 0.15) is 42.5 Å². The van der Waals surface area contributed by atoms with Gasteiger partial charge in [0.1, 0.15) is 0 Å². The summed E-state index contributed by atoms with van der Waals surface area (Å²) in [5, 5.41) is 8.53. The summed E-state index contributed by atoms with van der Waals surface area (Å²) >= 11 is 0. The highest BCUT2D eigenvalue weighted by molar-refractivity contribution is 6.01. The van der Waals surface area contributed by atoms with Crippen LogP contribution in [0.15, 0.2) is 24.3 Å². The van der Waals surface area contributed by atoms with Crippen molar-refractivity contribution in [3.63, 3.8) is 0 Å². The zero-order valence-corrected chi connectivity index (χ0v) is 10.6. The highest BCUT2D eigenvalue weighted by Crippen LogP contribution is 2.26. The summed E-state index contributed by atoms with van der Waals surface area (Å²) in [6.45, 7) is 1.88. The second-order valence-electron chi connectivity index (χ2n) is 4.65. The van der Waals surface area contributed by atoms with Crippen LogP contribution >= 0.6 is 0 Å². The predicted octanol–water partition coefficient (Wildman–Crippen LogP) is 3.16. The number of ketones is 1. The van der Waals surface area contributed by atoms with E-state index in [9.17, 15) is 4.79 Å². The minimum atomic E-state index is 0.255. The van der Waals surface area contributed by atoms with Gasteiger partial charge in [-0.3, -0.25) is 4.79 Å². The Bertz CT molecular complexity index is 462. The molecule has 0 bridgehead atoms. The topological polar surface area (TPSA) is 44.1 Å². The molecule has 0 amide bonds. The molecule has 0 unspecified atom stereocenters. The average Bonchev–Trinajstić information content (AvgIpc) is 2.56. The molecule has 3 heteroatoms. The number of hydrogen-bond acceptors (Lipinski definition) is 3. The van der Waals surface area contributed by atoms with Crippen molar-refractivity contribution in [3.8, 4) is 6.07 Å². The highest BCUT2D eigenvalue weighted by atomic mass is 16.1. The molecule has 1 aliphatic rings. The van der Waals surface area contributed by atoms with Crippen LogP contribution in [-0.4, -0.2) is 18.9 Å². The lowest BCUT2D eigenvalue weighted by Crippen LogP contribution is -2.25. The van der Waals surface area contributed by atoms with Crippen molar-refractivity contribution in [3.05, 3.63) is 29.8 Å². The Morgan fingerprint density at radius 1 is 1.28 bits per heavy atom. The fourth-order valence-electron chi connectivity index (χ4n) is 2.41. The predicted molar refractivity (Wildman–Crippen MR) is 71.7 cm³/mol. The van der Waals surface area contributed by atoms with Crippen LogP contribution in [0.2, 0.25) is 0 Å². The van der Waals surface area contributed by atoms with Crippen molar-refractivity contribution in [1.29, 1.82) is 5.26 Å². The second kappa shape index (κ2) is 6.20. The Kier molecular flexibility index (Phi) is 4.35. The molecule has 0 aromatic heterocycles. The second-order valence-corrected chi connectivity index (χ2v) is 4.65. The van der Waals surface area contributed by atoms with E-state index in [1.54, 1.807) is 0 Å². The van der Waals surface area contributed by atoms with Gasteiger partial charge in [-0.15, -0.1) is 0 Å². The molecule has 3 nitrogen and oxygen atoms in total. The van der Waals surface area contributed by atoms with Crippen LogP contribution in [0.25, 0.3) is 0 Å². The lowest BCUT2D eigenvalue weighted by Gasteiger charge is -2.24. The molecule has 0 radical (unpaired) electrons. The largest absolute Gasteiger partial charge is 0.371 e. The van der Waals surface area contributed by atoms with Crippen molar-refractivity contribution in [2.24, 2.45) is 0 Å². The Morgan fingerprint density at radius 3 is 2.94 bits per heavy atom. The molecule has 1 heterocycles. The summed E-state index contributed by atoms with van der Waals surface area (Å²) in [4.78, 5) is 14.2. The summed E-state index contributed by atoms with van der Waals surface area (Å²) in [6, 6.07) is 10.0. The number of rotatable bonds is 4. The summed E-state index contributed by atoms with van der Waals surface area (Å²) in [6.07, 6.45) is 4.13. The van der Waals surface area contributed by atoms with Gasteiger partial charge in [0.15, 0.2) is 5.78 Å². The maximum Gasteiger partial charge on any atom is 0.165 e. The molecule has 2 rings (SSSR count). The van der Waals surface area contributed by atoms with E-state index in [0.29, 0.717) is 12.8 Å². The Labute approximate surface area is 108 Å². The van der Waals surface area contributed by atoms with Gasteiger partial charge in [0.25, 0.3) is 0 Å². The van der Waals surface area contributed by atoms with Crippen LogP contribution in [0.5, 0.6) is 0 Å². The highest BCUT2D eigenvalue weighted by Gasteiger charge is 2.19. The molecule has 0 spiro atoms. The van der Waals surface area contributed by atoms with Gasteiger partial charge in [-0.1, -0.05) is 12.1 Å². The molecule has 1 aromatic carbocycles. The van der Waals surface area contributed by atoms with Crippen LogP contribution in [0.4, 0.5) is 5.69 Å². The fraction of sp³-hybridized carbons (Fsp3) is 0.467. The van der Waals surface area contributed by atoms with Gasteiger partial charge < -0.3 is 4.90 Å². The molecular formula is C15H18N2O. The van der Waals surface area contributed by atoms with E-state index in [2.05, 4.69) is 11.0 Å². The Hall–Kier alpha value is -1.82. The molecule has 0 atom stereocenters. The number of carbonyl (C=O) groups excluding carboxylic acids is 1. The van der Waals surface area contributed by atoms with E-state index < -0.39 is 0 Å². The third-order valence-corrected chi connectivity index (χ3v) is 3.34. The van der Waals surface area contributed by atoms with Gasteiger partial charge >= 0.3 is 0 Å². The van der Waals surface area contributed by atoms with Crippen LogP contribution < -0.4 is 4.90 Å². The van der Waals surface area contributed by atoms with E-state index in [1.807, 2.05) is 24.3 Å². The Balaban J connectivity index is 2.09. The maximum atomic E-state index is 12.0. The number of Topliss-reactive ketones (excluding diaryl/α,β-unsaturated/α-hetero) is 1. The van der Waals surface area contributed by atoms with Crippen LogP contribution in [0, 0.1) is 11.3 Å². The quantitative estimate of drug-likeness (QED) is 0.762. The number of nitrogens with zero attached hydrogens (tertiary/aromatic N) is 2. The van der Waals surface area contributed by atoms with E-state index in [1.165, 1.54) is 0 Å². The van der Waals surface area contributed by atoms with Crippen LogP contribution in [0.3, 0.4) is 0 Å². The minimum Gasteiger partial charge on any atom is -0.371 e. The van der Waals surface area contributed by atoms with Crippen molar-refractivity contribution in [2.75, 3.05) is 18.0 Å². The first-order chi connectivity index (χ1) is 8.83. The van der Waals surface area contributed by atoms with Gasteiger partial charge in [-0.25, -0.2) is 0 Å². The fourth-order valence-corrected chi connectivity index (χ4v) is 2.41. The number of fused-ring (bicyclic) bond motifs is 1. The number of benzene rings is 1. The van der Waals surface area contributed by atoms with Gasteiger partial charge in [0.05, 0.1) is 6.07 Å². The van der Waals surface area contributed by atoms with E-state index >= 15 is 0 Å². The van der Waals surface area contributed by atoms with Gasteiger partial charge in [0, 0.05) is 37.2 Å². The van der Waals surface area contributed by atoms with Crippen molar-refractivity contribution >= 4 is 11.5 Å². The molecule has 0 fully saturated rings. The molecule has 0 saturated heterocycles. The zero-order chi connectivity index (χ0) is 12.8. The van der Waals surface area contributed by atoms with Gasteiger partial charge in [-0.05, 0) is 31.4 Å².